The summed E-state index contributed by atoms with van der Waals surface area (Å²) in [6, 6.07) is 4.77. The fourth-order valence-electron chi connectivity index (χ4n) is 1.81. The SMILES string of the molecule is CCOC(=O)C1=C(COc2ccc(Br)cc2Cl)NC(=O)NC1. The summed E-state index contributed by atoms with van der Waals surface area (Å²) in [7, 11) is 0. The van der Waals surface area contributed by atoms with Crippen LogP contribution in [0.5, 0.6) is 5.75 Å². The van der Waals surface area contributed by atoms with Crippen molar-refractivity contribution in [2.24, 2.45) is 0 Å². The average Bonchev–Trinajstić information content (AvgIpc) is 2.46. The Kier molecular flexibility index (Phi) is 5.68. The minimum Gasteiger partial charge on any atom is -0.486 e. The minimum absolute atomic E-state index is 0.00290. The number of halogens is 2. The van der Waals surface area contributed by atoms with Crippen LogP contribution in [0, 0.1) is 0 Å². The number of rotatable bonds is 5. The van der Waals surface area contributed by atoms with Crippen LogP contribution in [0.4, 0.5) is 4.79 Å². The number of esters is 1. The second-order valence-corrected chi connectivity index (χ2v) is 5.67. The van der Waals surface area contributed by atoms with Crippen LogP contribution < -0.4 is 15.4 Å². The van der Waals surface area contributed by atoms with E-state index in [1.807, 2.05) is 0 Å². The second kappa shape index (κ2) is 7.51. The third-order valence-corrected chi connectivity index (χ3v) is 3.63. The van der Waals surface area contributed by atoms with Crippen LogP contribution in [0.25, 0.3) is 0 Å². The lowest BCUT2D eigenvalue weighted by Crippen LogP contribution is -2.45. The molecule has 0 fully saturated rings. The number of urea groups is 1. The van der Waals surface area contributed by atoms with E-state index < -0.39 is 12.0 Å². The third kappa shape index (κ3) is 4.14. The van der Waals surface area contributed by atoms with E-state index in [-0.39, 0.29) is 19.8 Å². The summed E-state index contributed by atoms with van der Waals surface area (Å²) in [5.41, 5.74) is 0.691. The lowest BCUT2D eigenvalue weighted by Gasteiger charge is -2.21. The Morgan fingerprint density at radius 3 is 2.91 bits per heavy atom. The Morgan fingerprint density at radius 1 is 1.45 bits per heavy atom. The Hall–Kier alpha value is -1.73. The number of hydrogen-bond donors (Lipinski definition) is 2. The van der Waals surface area contributed by atoms with Crippen LogP contribution in [0.3, 0.4) is 0 Å². The highest BCUT2D eigenvalue weighted by Gasteiger charge is 2.24. The van der Waals surface area contributed by atoms with Gasteiger partial charge in [0.05, 0.1) is 29.4 Å². The summed E-state index contributed by atoms with van der Waals surface area (Å²) in [4.78, 5) is 23.3. The molecule has 0 unspecified atom stereocenters. The molecule has 0 saturated heterocycles. The zero-order valence-corrected chi connectivity index (χ0v) is 14.1. The fourth-order valence-corrected chi connectivity index (χ4v) is 2.54. The molecule has 0 aliphatic carbocycles. The summed E-state index contributed by atoms with van der Waals surface area (Å²) in [5, 5.41) is 5.50. The van der Waals surface area contributed by atoms with Crippen LogP contribution in [-0.4, -0.2) is 31.8 Å². The molecule has 2 amide bonds. The quantitative estimate of drug-likeness (QED) is 0.759. The summed E-state index contributed by atoms with van der Waals surface area (Å²) in [6.45, 7) is 2.06. The molecule has 1 aliphatic rings. The van der Waals surface area contributed by atoms with Crippen molar-refractivity contribution in [2.45, 2.75) is 6.92 Å². The van der Waals surface area contributed by atoms with Crippen molar-refractivity contribution in [3.63, 3.8) is 0 Å². The van der Waals surface area contributed by atoms with Crippen molar-refractivity contribution < 1.29 is 19.1 Å². The topological polar surface area (TPSA) is 76.7 Å². The molecule has 0 radical (unpaired) electrons. The summed E-state index contributed by atoms with van der Waals surface area (Å²) >= 11 is 9.36. The third-order valence-electron chi connectivity index (χ3n) is 2.84. The van der Waals surface area contributed by atoms with Gasteiger partial charge in [-0.1, -0.05) is 27.5 Å². The molecule has 8 heteroatoms. The first-order valence-electron chi connectivity index (χ1n) is 6.53. The number of amides is 2. The van der Waals surface area contributed by atoms with E-state index in [1.54, 1.807) is 25.1 Å². The van der Waals surface area contributed by atoms with Gasteiger partial charge in [-0.25, -0.2) is 9.59 Å². The van der Waals surface area contributed by atoms with Crippen LogP contribution in [0.2, 0.25) is 5.02 Å². The van der Waals surface area contributed by atoms with Gasteiger partial charge in [0.1, 0.15) is 12.4 Å². The molecule has 2 N–H and O–H groups in total. The molecule has 1 aromatic rings. The maximum Gasteiger partial charge on any atom is 0.337 e. The number of nitrogens with one attached hydrogen (secondary N) is 2. The molecule has 118 valence electrons. The molecule has 1 aliphatic heterocycles. The van der Waals surface area contributed by atoms with Gasteiger partial charge in [0, 0.05) is 4.47 Å². The van der Waals surface area contributed by atoms with Crippen LogP contribution in [0.15, 0.2) is 33.9 Å². The van der Waals surface area contributed by atoms with Gasteiger partial charge in [-0.3, -0.25) is 0 Å². The number of ether oxygens (including phenoxy) is 2. The number of hydrogen-bond acceptors (Lipinski definition) is 4. The van der Waals surface area contributed by atoms with Gasteiger partial charge in [0.15, 0.2) is 0 Å². The Labute approximate surface area is 140 Å². The van der Waals surface area contributed by atoms with E-state index in [0.717, 1.165) is 4.47 Å². The van der Waals surface area contributed by atoms with E-state index in [4.69, 9.17) is 21.1 Å². The second-order valence-electron chi connectivity index (χ2n) is 4.35. The van der Waals surface area contributed by atoms with E-state index >= 15 is 0 Å². The van der Waals surface area contributed by atoms with Gasteiger partial charge in [-0.2, -0.15) is 0 Å². The Balaban J connectivity index is 2.15. The predicted molar refractivity (Wildman–Crippen MR) is 84.8 cm³/mol. The zero-order valence-electron chi connectivity index (χ0n) is 11.7. The molecule has 1 aromatic carbocycles. The van der Waals surface area contributed by atoms with Crippen molar-refractivity contribution in [1.29, 1.82) is 0 Å². The summed E-state index contributed by atoms with van der Waals surface area (Å²) in [5.74, 6) is -0.0381. The highest BCUT2D eigenvalue weighted by molar-refractivity contribution is 9.10. The molecular weight excluding hydrogens is 376 g/mol. The van der Waals surface area contributed by atoms with Gasteiger partial charge in [0.25, 0.3) is 0 Å². The Bertz CT molecular complexity index is 633. The van der Waals surface area contributed by atoms with Crippen LogP contribution in [0.1, 0.15) is 6.92 Å². The van der Waals surface area contributed by atoms with E-state index in [0.29, 0.717) is 22.0 Å². The van der Waals surface area contributed by atoms with E-state index in [9.17, 15) is 9.59 Å². The number of carbonyl (C=O) groups is 2. The lowest BCUT2D eigenvalue weighted by molar-refractivity contribution is -0.138. The van der Waals surface area contributed by atoms with Crippen molar-refractivity contribution >= 4 is 39.5 Å². The molecule has 2 rings (SSSR count). The van der Waals surface area contributed by atoms with Gasteiger partial charge < -0.3 is 20.1 Å². The van der Waals surface area contributed by atoms with Gasteiger partial charge in [-0.05, 0) is 25.1 Å². The zero-order chi connectivity index (χ0) is 16.1. The average molecular weight is 390 g/mol. The molecule has 1 heterocycles. The minimum atomic E-state index is -0.490. The highest BCUT2D eigenvalue weighted by Crippen LogP contribution is 2.28. The van der Waals surface area contributed by atoms with Crippen molar-refractivity contribution in [3.05, 3.63) is 39.0 Å². The molecule has 0 aromatic heterocycles. The first kappa shape index (κ1) is 16.6. The first-order valence-corrected chi connectivity index (χ1v) is 7.70. The molecule has 0 saturated carbocycles. The summed E-state index contributed by atoms with van der Waals surface area (Å²) < 4.78 is 11.4. The highest BCUT2D eigenvalue weighted by atomic mass is 79.9. The predicted octanol–water partition coefficient (Wildman–Crippen LogP) is 2.61. The van der Waals surface area contributed by atoms with Gasteiger partial charge in [-0.15, -0.1) is 0 Å². The largest absolute Gasteiger partial charge is 0.486 e. The molecular formula is C14H14BrClN2O4. The number of carbonyl (C=O) groups excluding carboxylic acids is 2. The standard InChI is InChI=1S/C14H14BrClN2O4/c1-2-21-13(19)9-6-17-14(20)18-11(9)7-22-12-4-3-8(15)5-10(12)16/h3-5H,2,6-7H2,1H3,(H2,17,18,20). The monoisotopic (exact) mass is 388 g/mol. The molecule has 0 spiro atoms. The lowest BCUT2D eigenvalue weighted by atomic mass is 10.1. The van der Waals surface area contributed by atoms with Crippen LogP contribution in [-0.2, 0) is 9.53 Å². The fraction of sp³-hybridized carbons (Fsp3) is 0.286. The maximum absolute atomic E-state index is 11.9. The van der Waals surface area contributed by atoms with Crippen molar-refractivity contribution in [2.75, 3.05) is 19.8 Å². The molecule has 22 heavy (non-hydrogen) atoms. The number of benzene rings is 1. The van der Waals surface area contributed by atoms with Crippen molar-refractivity contribution in [3.8, 4) is 5.75 Å². The molecule has 0 atom stereocenters. The van der Waals surface area contributed by atoms with Gasteiger partial charge >= 0.3 is 12.0 Å². The molecule has 6 nitrogen and oxygen atoms in total. The first-order chi connectivity index (χ1) is 10.5. The van der Waals surface area contributed by atoms with Crippen LogP contribution >= 0.6 is 27.5 Å². The normalized spacial score (nSPS) is 14.2. The smallest absolute Gasteiger partial charge is 0.337 e. The maximum atomic E-state index is 11.9. The molecule has 0 bridgehead atoms. The van der Waals surface area contributed by atoms with Crippen molar-refractivity contribution in [1.82, 2.24) is 10.6 Å². The van der Waals surface area contributed by atoms with E-state index in [1.165, 1.54) is 0 Å². The summed E-state index contributed by atoms with van der Waals surface area (Å²) in [6.07, 6.45) is 0. The Morgan fingerprint density at radius 2 is 2.23 bits per heavy atom. The van der Waals surface area contributed by atoms with Gasteiger partial charge in [0.2, 0.25) is 0 Å². The van der Waals surface area contributed by atoms with E-state index in [2.05, 4.69) is 26.6 Å².